The summed E-state index contributed by atoms with van der Waals surface area (Å²) in [7, 11) is -4.09. The van der Waals surface area contributed by atoms with Crippen LogP contribution in [0.25, 0.3) is 0 Å². The van der Waals surface area contributed by atoms with Gasteiger partial charge in [-0.2, -0.15) is 9.97 Å². The summed E-state index contributed by atoms with van der Waals surface area (Å²) < 4.78 is 11.4. The predicted octanol–water partition coefficient (Wildman–Crippen LogP) is 3.15. The van der Waals surface area contributed by atoms with Crippen molar-refractivity contribution in [3.8, 4) is 0 Å². The zero-order valence-corrected chi connectivity index (χ0v) is 29.9. The maximum Gasteiger partial charge on any atom is 0.325 e. The molecule has 1 amide bonds. The van der Waals surface area contributed by atoms with Gasteiger partial charge in [0.25, 0.3) is 0 Å². The molecule has 47 heavy (non-hydrogen) atoms. The SMILES string of the molecule is CC(C)(C)NC(=O)[C@@H]1CN(c2cc(N)nc(NCC3CCC(CNCCCNC4CCCCC4)CC3)n2)CCN1CCCP(=O)(O)O. The van der Waals surface area contributed by atoms with E-state index in [9.17, 15) is 19.1 Å². The molecular weight excluding hydrogens is 617 g/mol. The van der Waals surface area contributed by atoms with Gasteiger partial charge in [0.15, 0.2) is 0 Å². The van der Waals surface area contributed by atoms with Gasteiger partial charge in [0.2, 0.25) is 11.9 Å². The topological polar surface area (TPSA) is 181 Å². The zero-order chi connectivity index (χ0) is 33.9. The molecule has 2 saturated carbocycles. The van der Waals surface area contributed by atoms with Crippen molar-refractivity contribution in [1.82, 2.24) is 30.8 Å². The van der Waals surface area contributed by atoms with Crippen molar-refractivity contribution < 1.29 is 19.1 Å². The first kappa shape index (κ1) is 37.8. The molecule has 1 aromatic rings. The van der Waals surface area contributed by atoms with Crippen LogP contribution in [0.2, 0.25) is 0 Å². The molecule has 0 aromatic carbocycles. The van der Waals surface area contributed by atoms with Crippen molar-refractivity contribution in [2.24, 2.45) is 11.8 Å². The molecule has 1 aromatic heterocycles. The fraction of sp³-hybridized carbons (Fsp3) is 0.848. The molecular formula is C33H62N9O4P. The Morgan fingerprint density at radius 1 is 0.979 bits per heavy atom. The molecule has 1 atom stereocenters. The Labute approximate surface area is 282 Å². The summed E-state index contributed by atoms with van der Waals surface area (Å²) >= 11 is 0. The molecule has 268 valence electrons. The number of rotatable bonds is 16. The molecule has 3 aliphatic rings. The standard InChI is InChI=1S/C33H62N9O4P/c1-33(2,3)40-31(43)28-24-42(19-18-41(28)17-8-20-47(44,45)46)30-21-29(34)38-32(39-30)37-23-26-13-11-25(12-14-26)22-35-15-7-16-36-27-9-5-4-6-10-27/h21,25-28,35-36H,4-20,22-24H2,1-3H3,(H,40,43)(H2,44,45,46)(H3,34,37,38,39)/t25?,26?,28-/m0/s1. The van der Waals surface area contributed by atoms with Gasteiger partial charge in [-0.25, -0.2) is 0 Å². The van der Waals surface area contributed by atoms with Crippen LogP contribution >= 0.6 is 7.60 Å². The van der Waals surface area contributed by atoms with Crippen LogP contribution in [-0.4, -0.2) is 107 Å². The van der Waals surface area contributed by atoms with Crippen LogP contribution in [0, 0.1) is 11.8 Å². The van der Waals surface area contributed by atoms with Crippen molar-refractivity contribution in [3.63, 3.8) is 0 Å². The Morgan fingerprint density at radius 2 is 1.68 bits per heavy atom. The van der Waals surface area contributed by atoms with Crippen molar-refractivity contribution in [2.45, 2.75) is 109 Å². The summed E-state index contributed by atoms with van der Waals surface area (Å²) in [5.74, 6) is 2.75. The minimum absolute atomic E-state index is 0.115. The number of nitrogens with zero attached hydrogens (tertiary/aromatic N) is 4. The number of anilines is 3. The second-order valence-electron chi connectivity index (χ2n) is 15.1. The molecule has 0 bridgehead atoms. The molecule has 0 radical (unpaired) electrons. The van der Waals surface area contributed by atoms with Gasteiger partial charge in [-0.15, -0.1) is 0 Å². The fourth-order valence-electron chi connectivity index (χ4n) is 7.18. The number of nitrogen functional groups attached to an aromatic ring is 1. The Kier molecular flexibility index (Phi) is 14.6. The minimum atomic E-state index is -4.09. The summed E-state index contributed by atoms with van der Waals surface area (Å²) in [4.78, 5) is 45.3. The molecule has 0 unspecified atom stereocenters. The Bertz CT molecular complexity index is 1150. The van der Waals surface area contributed by atoms with E-state index in [-0.39, 0.29) is 12.1 Å². The van der Waals surface area contributed by atoms with Crippen LogP contribution in [0.15, 0.2) is 6.07 Å². The van der Waals surface area contributed by atoms with Crippen molar-refractivity contribution >= 4 is 31.1 Å². The number of piperazine rings is 1. The molecule has 1 saturated heterocycles. The highest BCUT2D eigenvalue weighted by molar-refractivity contribution is 7.51. The van der Waals surface area contributed by atoms with Gasteiger partial charge in [0, 0.05) is 43.8 Å². The van der Waals surface area contributed by atoms with Crippen LogP contribution < -0.4 is 31.9 Å². The van der Waals surface area contributed by atoms with Crippen LogP contribution in [0.4, 0.5) is 17.6 Å². The number of nitrogens with two attached hydrogens (primary N) is 1. The van der Waals surface area contributed by atoms with Gasteiger partial charge < -0.3 is 41.7 Å². The third-order valence-corrected chi connectivity index (χ3v) is 10.7. The first-order valence-corrected chi connectivity index (χ1v) is 19.8. The van der Waals surface area contributed by atoms with E-state index < -0.39 is 19.2 Å². The first-order chi connectivity index (χ1) is 22.3. The van der Waals surface area contributed by atoms with Gasteiger partial charge in [-0.05, 0) is 110 Å². The van der Waals surface area contributed by atoms with Crippen LogP contribution in [0.3, 0.4) is 0 Å². The van der Waals surface area contributed by atoms with E-state index in [1.807, 2.05) is 25.7 Å². The van der Waals surface area contributed by atoms with Crippen molar-refractivity contribution in [3.05, 3.63) is 6.07 Å². The van der Waals surface area contributed by atoms with E-state index in [2.05, 4.69) is 31.2 Å². The highest BCUT2D eigenvalue weighted by Crippen LogP contribution is 2.35. The molecule has 4 rings (SSSR count). The molecule has 2 aliphatic carbocycles. The molecule has 13 nitrogen and oxygen atoms in total. The van der Waals surface area contributed by atoms with E-state index in [1.165, 1.54) is 64.2 Å². The normalized spacial score (nSPS) is 23.5. The van der Waals surface area contributed by atoms with Gasteiger partial charge >= 0.3 is 7.60 Å². The zero-order valence-electron chi connectivity index (χ0n) is 29.1. The van der Waals surface area contributed by atoms with E-state index >= 15 is 0 Å². The smallest absolute Gasteiger partial charge is 0.325 e. The number of aromatic nitrogens is 2. The largest absolute Gasteiger partial charge is 0.383 e. The average Bonchev–Trinajstić information content (AvgIpc) is 3.01. The molecule has 0 spiro atoms. The van der Waals surface area contributed by atoms with Crippen LogP contribution in [0.5, 0.6) is 0 Å². The van der Waals surface area contributed by atoms with E-state index in [0.717, 1.165) is 38.1 Å². The number of carbonyl (C=O) groups excluding carboxylic acids is 1. The maximum atomic E-state index is 13.3. The van der Waals surface area contributed by atoms with E-state index in [0.29, 0.717) is 56.1 Å². The molecule has 8 N–H and O–H groups in total. The van der Waals surface area contributed by atoms with Crippen molar-refractivity contribution in [2.75, 3.05) is 74.5 Å². The first-order valence-electron chi connectivity index (χ1n) is 18.0. The highest BCUT2D eigenvalue weighted by Gasteiger charge is 2.35. The summed E-state index contributed by atoms with van der Waals surface area (Å²) in [6, 6.07) is 2.00. The minimum Gasteiger partial charge on any atom is -0.383 e. The average molecular weight is 680 g/mol. The van der Waals surface area contributed by atoms with Gasteiger partial charge in [-0.1, -0.05) is 19.3 Å². The van der Waals surface area contributed by atoms with Crippen molar-refractivity contribution in [1.29, 1.82) is 0 Å². The Balaban J connectivity index is 1.21. The molecule has 1 aliphatic heterocycles. The monoisotopic (exact) mass is 679 g/mol. The number of amides is 1. The summed E-state index contributed by atoms with van der Waals surface area (Å²) in [5.41, 5.74) is 5.82. The summed E-state index contributed by atoms with van der Waals surface area (Å²) in [6.45, 7) is 11.9. The van der Waals surface area contributed by atoms with Gasteiger partial charge in [-0.3, -0.25) is 14.3 Å². The number of nitrogens with one attached hydrogen (secondary N) is 4. The number of hydrogen-bond donors (Lipinski definition) is 7. The van der Waals surface area contributed by atoms with E-state index in [4.69, 9.17) is 10.7 Å². The summed E-state index contributed by atoms with van der Waals surface area (Å²) in [5, 5.41) is 13.9. The predicted molar refractivity (Wildman–Crippen MR) is 190 cm³/mol. The molecule has 14 heteroatoms. The quantitative estimate of drug-likeness (QED) is 0.100. The lowest BCUT2D eigenvalue weighted by Crippen LogP contribution is -2.61. The van der Waals surface area contributed by atoms with Crippen LogP contribution in [-0.2, 0) is 9.36 Å². The van der Waals surface area contributed by atoms with Gasteiger partial charge in [0.05, 0.1) is 6.16 Å². The summed E-state index contributed by atoms with van der Waals surface area (Å²) in [6.07, 6.45) is 13.0. The molecule has 3 fully saturated rings. The lowest BCUT2D eigenvalue weighted by atomic mass is 9.82. The second-order valence-corrected chi connectivity index (χ2v) is 16.8. The lowest BCUT2D eigenvalue weighted by molar-refractivity contribution is -0.128. The third-order valence-electron chi connectivity index (χ3n) is 9.76. The number of hydrogen-bond acceptors (Lipinski definition) is 10. The van der Waals surface area contributed by atoms with E-state index in [1.54, 1.807) is 6.07 Å². The van der Waals surface area contributed by atoms with Crippen LogP contribution in [0.1, 0.15) is 91.4 Å². The van der Waals surface area contributed by atoms with Gasteiger partial charge in [0.1, 0.15) is 17.7 Å². The lowest BCUT2D eigenvalue weighted by Gasteiger charge is -2.42. The second kappa shape index (κ2) is 18.1. The Hall–Kier alpha value is -2.02. The number of carbonyl (C=O) groups is 1. The fourth-order valence-corrected chi connectivity index (χ4v) is 7.73. The third kappa shape index (κ3) is 13.8. The Morgan fingerprint density at radius 3 is 2.36 bits per heavy atom. The maximum absolute atomic E-state index is 13.3. The highest BCUT2D eigenvalue weighted by atomic mass is 31.2. The molecule has 2 heterocycles.